The molecule has 102 valence electrons. The summed E-state index contributed by atoms with van der Waals surface area (Å²) in [6, 6.07) is 5.43. The first kappa shape index (κ1) is 13.3. The molecule has 0 aliphatic carbocycles. The Labute approximate surface area is 110 Å². The normalized spacial score (nSPS) is 18.4. The topological polar surface area (TPSA) is 95.7 Å². The Balaban J connectivity index is 1.94. The fraction of sp³-hybridized carbons (Fsp3) is 0.417. The van der Waals surface area contributed by atoms with Crippen molar-refractivity contribution in [2.75, 3.05) is 25.0 Å². The number of benzene rings is 1. The number of urea groups is 1. The van der Waals surface area contributed by atoms with Crippen molar-refractivity contribution in [2.45, 2.75) is 6.42 Å². The van der Waals surface area contributed by atoms with Crippen LogP contribution < -0.4 is 5.32 Å². The van der Waals surface area contributed by atoms with Crippen LogP contribution in [0.1, 0.15) is 6.42 Å². The molecule has 19 heavy (non-hydrogen) atoms. The number of carbonyl (C=O) groups is 1. The van der Waals surface area contributed by atoms with Crippen LogP contribution in [0.4, 0.5) is 16.2 Å². The first-order chi connectivity index (χ1) is 9.10. The first-order valence-corrected chi connectivity index (χ1v) is 6.01. The van der Waals surface area contributed by atoms with E-state index in [1.165, 1.54) is 24.3 Å². The third-order valence-corrected chi connectivity index (χ3v) is 3.16. The minimum absolute atomic E-state index is 0.0143. The van der Waals surface area contributed by atoms with E-state index >= 15 is 0 Å². The number of nitro benzene ring substituents is 1. The molecular weight excluding hydrogens is 250 g/mol. The molecule has 0 radical (unpaired) electrons. The van der Waals surface area contributed by atoms with Crippen molar-refractivity contribution in [3.05, 3.63) is 34.4 Å². The summed E-state index contributed by atoms with van der Waals surface area (Å²) >= 11 is 0. The first-order valence-electron chi connectivity index (χ1n) is 6.01. The number of hydrogen-bond donors (Lipinski definition) is 2. The number of nitrogens with zero attached hydrogens (tertiary/aromatic N) is 2. The highest BCUT2D eigenvalue weighted by atomic mass is 16.6. The zero-order valence-electron chi connectivity index (χ0n) is 10.3. The van der Waals surface area contributed by atoms with Crippen LogP contribution >= 0.6 is 0 Å². The Morgan fingerprint density at radius 3 is 2.68 bits per heavy atom. The zero-order valence-corrected chi connectivity index (χ0v) is 10.3. The SMILES string of the molecule is O=C(Nc1ccc([N+](=O)[O-])cc1)N1CCC(CO)C1. The van der Waals surface area contributed by atoms with Gasteiger partial charge in [0, 0.05) is 43.4 Å². The molecular formula is C12H15N3O4. The molecule has 1 fully saturated rings. The van der Waals surface area contributed by atoms with Crippen molar-refractivity contribution in [3.8, 4) is 0 Å². The number of non-ortho nitro benzene ring substituents is 1. The van der Waals surface area contributed by atoms with Gasteiger partial charge in [-0.25, -0.2) is 4.79 Å². The number of aliphatic hydroxyl groups is 1. The van der Waals surface area contributed by atoms with E-state index in [0.29, 0.717) is 18.8 Å². The van der Waals surface area contributed by atoms with Gasteiger partial charge < -0.3 is 15.3 Å². The highest BCUT2D eigenvalue weighted by molar-refractivity contribution is 5.89. The smallest absolute Gasteiger partial charge is 0.321 e. The maximum Gasteiger partial charge on any atom is 0.321 e. The molecule has 1 atom stereocenters. The van der Waals surface area contributed by atoms with Gasteiger partial charge in [-0.2, -0.15) is 0 Å². The molecule has 7 nitrogen and oxygen atoms in total. The highest BCUT2D eigenvalue weighted by Crippen LogP contribution is 2.19. The molecule has 2 amide bonds. The molecule has 0 saturated carbocycles. The van der Waals surface area contributed by atoms with Gasteiger partial charge in [-0.1, -0.05) is 0 Å². The zero-order chi connectivity index (χ0) is 13.8. The number of rotatable bonds is 3. The summed E-state index contributed by atoms with van der Waals surface area (Å²) in [6.07, 6.45) is 0.796. The monoisotopic (exact) mass is 265 g/mol. The third kappa shape index (κ3) is 3.19. The van der Waals surface area contributed by atoms with Gasteiger partial charge in [0.2, 0.25) is 0 Å². The predicted octanol–water partition coefficient (Wildman–Crippen LogP) is 1.44. The van der Waals surface area contributed by atoms with Crippen LogP contribution in [0.3, 0.4) is 0 Å². The fourth-order valence-corrected chi connectivity index (χ4v) is 2.04. The molecule has 2 N–H and O–H groups in total. The van der Waals surface area contributed by atoms with Crippen molar-refractivity contribution < 1.29 is 14.8 Å². The molecule has 1 aromatic carbocycles. The van der Waals surface area contributed by atoms with Crippen molar-refractivity contribution in [2.24, 2.45) is 5.92 Å². The Kier molecular flexibility index (Phi) is 3.96. The molecule has 1 aliphatic rings. The molecule has 1 unspecified atom stereocenters. The summed E-state index contributed by atoms with van der Waals surface area (Å²) in [5.41, 5.74) is 0.502. The minimum Gasteiger partial charge on any atom is -0.396 e. The second kappa shape index (κ2) is 5.66. The molecule has 1 saturated heterocycles. The van der Waals surface area contributed by atoms with Crippen LogP contribution in [0.15, 0.2) is 24.3 Å². The summed E-state index contributed by atoms with van der Waals surface area (Å²) in [4.78, 5) is 23.5. The average Bonchev–Trinajstić information content (AvgIpc) is 2.88. The summed E-state index contributed by atoms with van der Waals surface area (Å²) in [7, 11) is 0. The number of nitro groups is 1. The molecule has 7 heteroatoms. The molecule has 0 spiro atoms. The van der Waals surface area contributed by atoms with Crippen molar-refractivity contribution in [1.82, 2.24) is 4.90 Å². The number of likely N-dealkylation sites (tertiary alicyclic amines) is 1. The van der Waals surface area contributed by atoms with Crippen LogP contribution in [-0.2, 0) is 0 Å². The summed E-state index contributed by atoms with van der Waals surface area (Å²) in [5, 5.41) is 22.2. The van der Waals surface area contributed by atoms with Crippen LogP contribution in [0, 0.1) is 16.0 Å². The molecule has 0 bridgehead atoms. The van der Waals surface area contributed by atoms with Gasteiger partial charge in [0.1, 0.15) is 0 Å². The van der Waals surface area contributed by atoms with Crippen molar-refractivity contribution in [1.29, 1.82) is 0 Å². The lowest BCUT2D eigenvalue weighted by molar-refractivity contribution is -0.384. The van der Waals surface area contributed by atoms with Crippen LogP contribution in [0.5, 0.6) is 0 Å². The Morgan fingerprint density at radius 1 is 1.47 bits per heavy atom. The summed E-state index contributed by atoms with van der Waals surface area (Å²) < 4.78 is 0. The van der Waals surface area contributed by atoms with Gasteiger partial charge in [0.25, 0.3) is 5.69 Å². The van der Waals surface area contributed by atoms with Crippen molar-refractivity contribution in [3.63, 3.8) is 0 Å². The number of nitrogens with one attached hydrogen (secondary N) is 1. The Bertz CT molecular complexity index is 474. The van der Waals surface area contributed by atoms with E-state index in [0.717, 1.165) is 6.42 Å². The van der Waals surface area contributed by atoms with Crippen LogP contribution in [0.25, 0.3) is 0 Å². The maximum atomic E-state index is 11.9. The van der Waals surface area contributed by atoms with Gasteiger partial charge in [-0.3, -0.25) is 10.1 Å². The number of amides is 2. The van der Waals surface area contributed by atoms with Gasteiger partial charge in [0.15, 0.2) is 0 Å². The number of hydrogen-bond acceptors (Lipinski definition) is 4. The lowest BCUT2D eigenvalue weighted by Gasteiger charge is -2.16. The predicted molar refractivity (Wildman–Crippen MR) is 68.9 cm³/mol. The summed E-state index contributed by atoms with van der Waals surface area (Å²) in [5.74, 6) is 0.141. The minimum atomic E-state index is -0.488. The molecule has 1 aliphatic heterocycles. The van der Waals surface area contributed by atoms with Gasteiger partial charge in [-0.15, -0.1) is 0 Å². The average molecular weight is 265 g/mol. The van der Waals surface area contributed by atoms with E-state index in [1.54, 1.807) is 4.90 Å². The van der Waals surface area contributed by atoms with Gasteiger partial charge >= 0.3 is 6.03 Å². The second-order valence-electron chi connectivity index (χ2n) is 4.52. The number of aliphatic hydroxyl groups excluding tert-OH is 1. The standard InChI is InChI=1S/C12H15N3O4/c16-8-9-5-6-14(7-9)12(17)13-10-1-3-11(4-2-10)15(18)19/h1-4,9,16H,5-8H2,(H,13,17). The number of anilines is 1. The van der Waals surface area contributed by atoms with Crippen molar-refractivity contribution >= 4 is 17.4 Å². The van der Waals surface area contributed by atoms with E-state index in [-0.39, 0.29) is 24.2 Å². The maximum absolute atomic E-state index is 11.9. The van der Waals surface area contributed by atoms with Gasteiger partial charge in [-0.05, 0) is 18.6 Å². The number of carbonyl (C=O) groups excluding carboxylic acids is 1. The van der Waals surface area contributed by atoms with E-state index in [9.17, 15) is 14.9 Å². The molecule has 1 aromatic rings. The van der Waals surface area contributed by atoms with E-state index in [4.69, 9.17) is 5.11 Å². The third-order valence-electron chi connectivity index (χ3n) is 3.16. The quantitative estimate of drug-likeness (QED) is 0.638. The van der Waals surface area contributed by atoms with E-state index in [1.807, 2.05) is 0 Å². The van der Waals surface area contributed by atoms with Crippen LogP contribution in [-0.4, -0.2) is 40.7 Å². The van der Waals surface area contributed by atoms with Gasteiger partial charge in [0.05, 0.1) is 4.92 Å². The van der Waals surface area contributed by atoms with E-state index in [2.05, 4.69) is 5.32 Å². The lowest BCUT2D eigenvalue weighted by Crippen LogP contribution is -2.33. The lowest BCUT2D eigenvalue weighted by atomic mass is 10.1. The Hall–Kier alpha value is -2.15. The molecule has 0 aromatic heterocycles. The highest BCUT2D eigenvalue weighted by Gasteiger charge is 2.25. The second-order valence-corrected chi connectivity index (χ2v) is 4.52. The Morgan fingerprint density at radius 2 is 2.16 bits per heavy atom. The molecule has 2 rings (SSSR count). The molecule has 1 heterocycles. The van der Waals surface area contributed by atoms with Crippen LogP contribution in [0.2, 0.25) is 0 Å². The fourth-order valence-electron chi connectivity index (χ4n) is 2.04. The summed E-state index contributed by atoms with van der Waals surface area (Å²) in [6.45, 7) is 1.24. The largest absolute Gasteiger partial charge is 0.396 e. The van der Waals surface area contributed by atoms with E-state index < -0.39 is 4.92 Å².